The minimum atomic E-state index is -5.17. The van der Waals surface area contributed by atoms with Gasteiger partial charge in [-0.1, -0.05) is 12.1 Å². The van der Waals surface area contributed by atoms with Gasteiger partial charge < -0.3 is 15.5 Å². The maximum Gasteiger partial charge on any atom is 2.00 e. The molecule has 0 unspecified atom stereocenters. The van der Waals surface area contributed by atoms with Gasteiger partial charge >= 0.3 is 46.6 Å². The van der Waals surface area contributed by atoms with Crippen LogP contribution in [0.4, 0.5) is 0 Å². The van der Waals surface area contributed by atoms with Crippen LogP contribution < -0.4 is 29.6 Å². The molecule has 1 aromatic heterocycles. The predicted octanol–water partition coefficient (Wildman–Crippen LogP) is -1.27. The molecule has 2 aromatic rings. The van der Waals surface area contributed by atoms with E-state index in [0.717, 1.165) is 9.47 Å². The number of hydrogen-bond donors (Lipinski definition) is 1. The zero-order valence-corrected chi connectivity index (χ0v) is 14.2. The van der Waals surface area contributed by atoms with Crippen molar-refractivity contribution in [3.8, 4) is 0 Å². The van der Waals surface area contributed by atoms with Crippen molar-refractivity contribution in [1.29, 1.82) is 0 Å². The number of benzene rings is 1. The molecule has 0 aliphatic heterocycles. The molecule has 0 bridgehead atoms. The summed E-state index contributed by atoms with van der Waals surface area (Å²) in [6, 6.07) is 8.11. The Kier molecular flexibility index (Phi) is 10.3. The van der Waals surface area contributed by atoms with Gasteiger partial charge in [-0.15, -0.1) is 11.3 Å². The Morgan fingerprint density at radius 1 is 1.29 bits per heavy atom. The van der Waals surface area contributed by atoms with E-state index in [1.807, 2.05) is 18.2 Å². The quantitative estimate of drug-likeness (QED) is 0.279. The summed E-state index contributed by atoms with van der Waals surface area (Å²) in [5.41, 5.74) is 1.14. The first-order valence-corrected chi connectivity index (χ1v) is 6.16. The summed E-state index contributed by atoms with van der Waals surface area (Å²) in [4.78, 5) is 3.09. The van der Waals surface area contributed by atoms with E-state index in [2.05, 4.69) is 11.1 Å². The van der Waals surface area contributed by atoms with Gasteiger partial charge in [0.1, 0.15) is 0 Å². The Balaban J connectivity index is -0.000000252. The molecule has 1 heterocycles. The van der Waals surface area contributed by atoms with Crippen molar-refractivity contribution in [2.75, 3.05) is 0 Å². The van der Waals surface area contributed by atoms with Crippen LogP contribution in [0.1, 0.15) is 1.43 Å². The molecular weight excluding hydrogens is 336 g/mol. The van der Waals surface area contributed by atoms with E-state index in [1.54, 1.807) is 11.3 Å². The van der Waals surface area contributed by atoms with Gasteiger partial charge in [-0.05, 0) is 24.4 Å². The first kappa shape index (κ1) is 20.0. The third-order valence-corrected chi connectivity index (χ3v) is 2.54. The Morgan fingerprint density at radius 3 is 2.24 bits per heavy atom. The molecule has 5 nitrogen and oxygen atoms in total. The van der Waals surface area contributed by atoms with Crippen LogP contribution in [0.15, 0.2) is 24.3 Å². The van der Waals surface area contributed by atoms with Gasteiger partial charge in [0.05, 0.1) is 10.2 Å². The second-order valence-electron chi connectivity index (χ2n) is 2.42. The van der Waals surface area contributed by atoms with Crippen molar-refractivity contribution in [3.05, 3.63) is 28.2 Å². The molecule has 1 N–H and O–H groups in total. The van der Waals surface area contributed by atoms with E-state index in [-0.39, 0.29) is 48.1 Å². The fourth-order valence-corrected chi connectivity index (χ4v) is 2.01. The second kappa shape index (κ2) is 8.76. The van der Waals surface area contributed by atoms with E-state index >= 15 is 0 Å². The predicted molar refractivity (Wildman–Crippen MR) is 58.6 cm³/mol. The van der Waals surface area contributed by atoms with E-state index in [1.165, 1.54) is 4.70 Å². The van der Waals surface area contributed by atoms with Crippen LogP contribution in [0.3, 0.4) is 0 Å². The Labute approximate surface area is 141 Å². The van der Waals surface area contributed by atoms with Crippen molar-refractivity contribution in [2.45, 2.75) is 0 Å². The smallest absolute Gasteiger partial charge is 1.00 e. The van der Waals surface area contributed by atoms with E-state index in [4.69, 9.17) is 29.7 Å². The maximum absolute atomic E-state index is 8.52. The Hall–Kier alpha value is 0.719. The molecule has 89 valence electrons. The fraction of sp³-hybridized carbons (Fsp3) is 0. The Bertz CT molecular complexity index is 570. The van der Waals surface area contributed by atoms with Crippen LogP contribution in [0, 0.1) is 3.95 Å². The number of nitrogens with one attached hydrogen (secondary N) is 1. The second-order valence-corrected chi connectivity index (χ2v) is 4.95. The summed E-state index contributed by atoms with van der Waals surface area (Å²) >= 11 is 6.59. The number of aromatic amines is 1. The SMILES string of the molecule is O=S(=O)([O-])[O-].S=c1[nH]c2ccccc2s1.[H-].[Mn+2].[Na+]. The number of fused-ring (bicyclic) bond motifs is 1. The molecule has 0 aliphatic carbocycles. The summed E-state index contributed by atoms with van der Waals surface area (Å²) in [6.45, 7) is 0. The summed E-state index contributed by atoms with van der Waals surface area (Å²) in [5, 5.41) is 0. The van der Waals surface area contributed by atoms with Crippen molar-refractivity contribution in [3.63, 3.8) is 0 Å². The zero-order chi connectivity index (χ0) is 11.5. The molecule has 17 heavy (non-hydrogen) atoms. The molecule has 1 aromatic carbocycles. The van der Waals surface area contributed by atoms with E-state index in [0.29, 0.717) is 0 Å². The van der Waals surface area contributed by atoms with E-state index < -0.39 is 10.4 Å². The number of rotatable bonds is 0. The zero-order valence-electron chi connectivity index (χ0n) is 9.55. The van der Waals surface area contributed by atoms with Crippen molar-refractivity contribution >= 4 is 44.2 Å². The molecule has 0 spiro atoms. The van der Waals surface area contributed by atoms with Gasteiger partial charge in [0.25, 0.3) is 0 Å². The number of aromatic nitrogens is 1. The van der Waals surface area contributed by atoms with Crippen molar-refractivity contribution in [2.24, 2.45) is 0 Å². The normalized spacial score (nSPS) is 9.53. The Morgan fingerprint density at radius 2 is 1.76 bits per heavy atom. The largest absolute Gasteiger partial charge is 2.00 e. The van der Waals surface area contributed by atoms with Gasteiger partial charge in [-0.3, -0.25) is 8.42 Å². The van der Waals surface area contributed by atoms with Crippen LogP contribution in [-0.2, 0) is 27.5 Å². The number of hydrogen-bond acceptors (Lipinski definition) is 6. The standard InChI is InChI=1S/C7H5NS2.Mn.Na.H2O4S.H/c9-7-8-5-3-1-2-4-6(5)10-7;;;1-5(2,3)4;/h1-4H,(H,8,9);;;(H2,1,2,3,4);/q;+2;+1;;-1/p-2. The van der Waals surface area contributed by atoms with Crippen LogP contribution in [0.25, 0.3) is 10.2 Å². The molecule has 0 aliphatic rings. The van der Waals surface area contributed by atoms with Gasteiger partial charge in [0.2, 0.25) is 0 Å². The summed E-state index contributed by atoms with van der Waals surface area (Å²) in [5.74, 6) is 0. The number of thiazole rings is 1. The van der Waals surface area contributed by atoms with Gasteiger partial charge in [0.15, 0.2) is 3.95 Å². The topological polar surface area (TPSA) is 96.1 Å². The maximum atomic E-state index is 8.52. The molecule has 0 amide bonds. The minimum absolute atomic E-state index is 0. The summed E-state index contributed by atoms with van der Waals surface area (Å²) in [7, 11) is -5.17. The van der Waals surface area contributed by atoms with Gasteiger partial charge in [-0.25, -0.2) is 0 Å². The first-order chi connectivity index (χ1) is 6.86. The van der Waals surface area contributed by atoms with Crippen LogP contribution in [-0.4, -0.2) is 22.5 Å². The molecule has 0 atom stereocenters. The minimum Gasteiger partial charge on any atom is -1.00 e. The van der Waals surface area contributed by atoms with E-state index in [9.17, 15) is 0 Å². The average Bonchev–Trinajstić information content (AvgIpc) is 2.40. The fourth-order valence-electron chi connectivity index (χ4n) is 0.894. The molecule has 2 rings (SSSR count). The molecule has 0 saturated carbocycles. The molecular formula is C7H6MnNNaO4S3. The number of H-pyrrole nitrogens is 1. The first-order valence-electron chi connectivity index (χ1n) is 3.61. The third-order valence-electron chi connectivity index (χ3n) is 1.33. The van der Waals surface area contributed by atoms with Crippen molar-refractivity contribution in [1.82, 2.24) is 4.98 Å². The molecule has 0 saturated heterocycles. The van der Waals surface area contributed by atoms with Crippen LogP contribution in [0.5, 0.6) is 0 Å². The summed E-state index contributed by atoms with van der Waals surface area (Å²) in [6.07, 6.45) is 0. The summed E-state index contributed by atoms with van der Waals surface area (Å²) < 4.78 is 36.2. The van der Waals surface area contributed by atoms with Crippen LogP contribution >= 0.6 is 23.6 Å². The monoisotopic (exact) mass is 342 g/mol. The number of para-hydroxylation sites is 1. The van der Waals surface area contributed by atoms with Gasteiger partial charge in [-0.2, -0.15) is 0 Å². The van der Waals surface area contributed by atoms with Crippen LogP contribution in [0.2, 0.25) is 0 Å². The third kappa shape index (κ3) is 9.32. The molecule has 0 fully saturated rings. The molecule has 10 heteroatoms. The molecule has 1 radical (unpaired) electrons. The van der Waals surface area contributed by atoms with Gasteiger partial charge in [0, 0.05) is 10.4 Å². The van der Waals surface area contributed by atoms with Crippen molar-refractivity contribution < 1.29 is 65.6 Å². The average molecular weight is 342 g/mol.